The Morgan fingerprint density at radius 2 is 1.77 bits per heavy atom. The van der Waals surface area contributed by atoms with Crippen LogP contribution in [-0.4, -0.2) is 60.0 Å². The van der Waals surface area contributed by atoms with Gasteiger partial charge in [0.2, 0.25) is 5.95 Å². The van der Waals surface area contributed by atoms with Crippen LogP contribution in [0.2, 0.25) is 5.02 Å². The fourth-order valence-corrected chi connectivity index (χ4v) is 3.07. The Hall–Kier alpha value is -2.18. The molecule has 1 N–H and O–H groups in total. The van der Waals surface area contributed by atoms with Crippen LogP contribution < -0.4 is 10.2 Å². The van der Waals surface area contributed by atoms with E-state index in [9.17, 15) is 4.79 Å². The molecule has 0 aliphatic carbocycles. The monoisotopic (exact) mass is 373 g/mol. The summed E-state index contributed by atoms with van der Waals surface area (Å²) < 4.78 is 0. The zero-order valence-electron chi connectivity index (χ0n) is 15.0. The van der Waals surface area contributed by atoms with Crippen LogP contribution in [0.15, 0.2) is 36.7 Å². The van der Waals surface area contributed by atoms with E-state index >= 15 is 0 Å². The quantitative estimate of drug-likeness (QED) is 0.841. The molecule has 3 rings (SSSR count). The predicted molar refractivity (Wildman–Crippen MR) is 104 cm³/mol. The second kappa shape index (κ2) is 8.96. The first kappa shape index (κ1) is 18.6. The molecular formula is C19H24ClN5O. The van der Waals surface area contributed by atoms with Gasteiger partial charge in [-0.3, -0.25) is 4.79 Å². The third-order valence-corrected chi connectivity index (χ3v) is 4.87. The van der Waals surface area contributed by atoms with Crippen molar-refractivity contribution in [2.24, 2.45) is 0 Å². The standard InChI is InChI=1S/C19H24ClN5O/c1-2-24-9-11-25(12-10-24)19-22-13-16(14-23-19)18(26)21-8-7-15-3-5-17(20)6-4-15/h3-6,13-14H,2,7-12H2,1H3,(H,21,26). The second-order valence-electron chi connectivity index (χ2n) is 6.33. The maximum atomic E-state index is 12.2. The van der Waals surface area contributed by atoms with Gasteiger partial charge in [-0.05, 0) is 30.7 Å². The number of benzene rings is 1. The molecule has 6 nitrogen and oxygen atoms in total. The zero-order chi connectivity index (χ0) is 18.4. The van der Waals surface area contributed by atoms with Gasteiger partial charge in [0.15, 0.2) is 0 Å². The van der Waals surface area contributed by atoms with Crippen LogP contribution in [0.4, 0.5) is 5.95 Å². The van der Waals surface area contributed by atoms with Crippen molar-refractivity contribution in [2.75, 3.05) is 44.2 Å². The van der Waals surface area contributed by atoms with E-state index in [1.807, 2.05) is 24.3 Å². The fourth-order valence-electron chi connectivity index (χ4n) is 2.94. The topological polar surface area (TPSA) is 61.4 Å². The Balaban J connectivity index is 1.48. The molecule has 0 radical (unpaired) electrons. The summed E-state index contributed by atoms with van der Waals surface area (Å²) in [5.74, 6) is 0.541. The van der Waals surface area contributed by atoms with Crippen molar-refractivity contribution in [2.45, 2.75) is 13.3 Å². The number of hydrogen-bond donors (Lipinski definition) is 1. The molecule has 1 saturated heterocycles. The lowest BCUT2D eigenvalue weighted by Crippen LogP contribution is -2.46. The van der Waals surface area contributed by atoms with E-state index in [4.69, 9.17) is 11.6 Å². The number of nitrogens with zero attached hydrogens (tertiary/aromatic N) is 4. The van der Waals surface area contributed by atoms with Crippen LogP contribution in [0.25, 0.3) is 0 Å². The third kappa shape index (κ3) is 4.93. The number of hydrogen-bond acceptors (Lipinski definition) is 5. The van der Waals surface area contributed by atoms with E-state index in [2.05, 4.69) is 32.0 Å². The lowest BCUT2D eigenvalue weighted by molar-refractivity contribution is 0.0953. The molecule has 1 fully saturated rings. The minimum Gasteiger partial charge on any atom is -0.352 e. The minimum absolute atomic E-state index is 0.152. The van der Waals surface area contributed by atoms with Gasteiger partial charge >= 0.3 is 0 Å². The number of carbonyl (C=O) groups excluding carboxylic acids is 1. The molecule has 0 spiro atoms. The molecule has 0 saturated carbocycles. The van der Waals surface area contributed by atoms with Crippen LogP contribution in [0.1, 0.15) is 22.8 Å². The Bertz CT molecular complexity index is 712. The number of anilines is 1. The molecular weight excluding hydrogens is 350 g/mol. The summed E-state index contributed by atoms with van der Waals surface area (Å²) in [6.07, 6.45) is 3.96. The highest BCUT2D eigenvalue weighted by atomic mass is 35.5. The van der Waals surface area contributed by atoms with Gasteiger partial charge in [-0.15, -0.1) is 0 Å². The van der Waals surface area contributed by atoms with Crippen molar-refractivity contribution in [3.05, 3.63) is 52.8 Å². The third-order valence-electron chi connectivity index (χ3n) is 4.62. The normalized spacial score (nSPS) is 15.1. The highest BCUT2D eigenvalue weighted by Gasteiger charge is 2.18. The summed E-state index contributed by atoms with van der Waals surface area (Å²) in [4.78, 5) is 25.5. The molecule has 1 aliphatic rings. The summed E-state index contributed by atoms with van der Waals surface area (Å²) in [6, 6.07) is 7.63. The van der Waals surface area contributed by atoms with E-state index in [0.717, 1.165) is 44.7 Å². The van der Waals surface area contributed by atoms with Crippen LogP contribution in [-0.2, 0) is 6.42 Å². The van der Waals surface area contributed by atoms with Gasteiger partial charge in [0.05, 0.1) is 5.56 Å². The minimum atomic E-state index is -0.152. The molecule has 7 heteroatoms. The number of nitrogens with one attached hydrogen (secondary N) is 1. The number of piperazine rings is 1. The molecule has 138 valence electrons. The van der Waals surface area contributed by atoms with Gasteiger partial charge < -0.3 is 15.1 Å². The van der Waals surface area contributed by atoms with Gasteiger partial charge in [-0.25, -0.2) is 9.97 Å². The summed E-state index contributed by atoms with van der Waals surface area (Å²) >= 11 is 5.87. The summed E-state index contributed by atoms with van der Waals surface area (Å²) in [5, 5.41) is 3.62. The van der Waals surface area contributed by atoms with Crippen molar-refractivity contribution < 1.29 is 4.79 Å². The highest BCUT2D eigenvalue weighted by Crippen LogP contribution is 2.11. The maximum Gasteiger partial charge on any atom is 0.254 e. The molecule has 1 amide bonds. The van der Waals surface area contributed by atoms with Crippen LogP contribution in [0.3, 0.4) is 0 Å². The molecule has 26 heavy (non-hydrogen) atoms. The lowest BCUT2D eigenvalue weighted by atomic mass is 10.1. The Morgan fingerprint density at radius 3 is 2.38 bits per heavy atom. The molecule has 1 aromatic carbocycles. The highest BCUT2D eigenvalue weighted by molar-refractivity contribution is 6.30. The van der Waals surface area contributed by atoms with E-state index < -0.39 is 0 Å². The maximum absolute atomic E-state index is 12.2. The largest absolute Gasteiger partial charge is 0.352 e. The van der Waals surface area contributed by atoms with Crippen molar-refractivity contribution in [3.63, 3.8) is 0 Å². The van der Waals surface area contributed by atoms with Crippen LogP contribution >= 0.6 is 11.6 Å². The predicted octanol–water partition coefficient (Wildman–Crippen LogP) is 2.24. The molecule has 2 aromatic rings. The summed E-state index contributed by atoms with van der Waals surface area (Å²) in [6.45, 7) is 7.68. The number of amides is 1. The number of carbonyl (C=O) groups is 1. The second-order valence-corrected chi connectivity index (χ2v) is 6.76. The first-order chi connectivity index (χ1) is 12.7. The van der Waals surface area contributed by atoms with Gasteiger partial charge in [0.1, 0.15) is 0 Å². The van der Waals surface area contributed by atoms with Crippen molar-refractivity contribution in [3.8, 4) is 0 Å². The van der Waals surface area contributed by atoms with E-state index in [1.165, 1.54) is 0 Å². The van der Waals surface area contributed by atoms with Gasteiger partial charge in [0, 0.05) is 50.1 Å². The number of aromatic nitrogens is 2. The lowest BCUT2D eigenvalue weighted by Gasteiger charge is -2.33. The van der Waals surface area contributed by atoms with E-state index in [0.29, 0.717) is 23.1 Å². The summed E-state index contributed by atoms with van der Waals surface area (Å²) in [5.41, 5.74) is 1.62. The first-order valence-corrected chi connectivity index (χ1v) is 9.35. The van der Waals surface area contributed by atoms with Crippen LogP contribution in [0.5, 0.6) is 0 Å². The molecule has 0 atom stereocenters. The van der Waals surface area contributed by atoms with Gasteiger partial charge in [-0.2, -0.15) is 0 Å². The van der Waals surface area contributed by atoms with Crippen molar-refractivity contribution >= 4 is 23.5 Å². The summed E-state index contributed by atoms with van der Waals surface area (Å²) in [7, 11) is 0. The molecule has 0 unspecified atom stereocenters. The molecule has 2 heterocycles. The molecule has 0 bridgehead atoms. The smallest absolute Gasteiger partial charge is 0.254 e. The fraction of sp³-hybridized carbons (Fsp3) is 0.421. The average molecular weight is 374 g/mol. The number of halogens is 1. The van der Waals surface area contributed by atoms with Gasteiger partial charge in [-0.1, -0.05) is 30.7 Å². The Labute approximate surface area is 159 Å². The van der Waals surface area contributed by atoms with Gasteiger partial charge in [0.25, 0.3) is 5.91 Å². The Morgan fingerprint density at radius 1 is 1.12 bits per heavy atom. The van der Waals surface area contributed by atoms with E-state index in [1.54, 1.807) is 12.4 Å². The Kier molecular flexibility index (Phi) is 6.41. The molecule has 1 aromatic heterocycles. The average Bonchev–Trinajstić information content (AvgIpc) is 2.69. The SMILES string of the molecule is CCN1CCN(c2ncc(C(=O)NCCc3ccc(Cl)cc3)cn2)CC1. The van der Waals surface area contributed by atoms with Crippen LogP contribution in [0, 0.1) is 0 Å². The van der Waals surface area contributed by atoms with Crippen molar-refractivity contribution in [1.29, 1.82) is 0 Å². The molecule has 1 aliphatic heterocycles. The zero-order valence-corrected chi connectivity index (χ0v) is 15.7. The number of likely N-dealkylation sites (N-methyl/N-ethyl adjacent to an activating group) is 1. The van der Waals surface area contributed by atoms with E-state index in [-0.39, 0.29) is 5.91 Å². The first-order valence-electron chi connectivity index (χ1n) is 8.97. The van der Waals surface area contributed by atoms with Crippen molar-refractivity contribution in [1.82, 2.24) is 20.2 Å². The number of rotatable bonds is 6.